The summed E-state index contributed by atoms with van der Waals surface area (Å²) in [5, 5.41) is 3.51. The molecule has 0 saturated carbocycles. The molecule has 2 aromatic carbocycles. The number of hydrogen-bond acceptors (Lipinski definition) is 1. The van der Waals surface area contributed by atoms with Gasteiger partial charge in [-0.15, -0.1) is 0 Å². The summed E-state index contributed by atoms with van der Waals surface area (Å²) >= 11 is 24.5. The van der Waals surface area contributed by atoms with Crippen LogP contribution in [0.15, 0.2) is 22.6 Å². The van der Waals surface area contributed by atoms with Crippen molar-refractivity contribution in [3.05, 3.63) is 43.9 Å². The van der Waals surface area contributed by atoms with Crippen molar-refractivity contribution in [2.24, 2.45) is 0 Å². The molecule has 18 heavy (non-hydrogen) atoms. The lowest BCUT2D eigenvalue weighted by molar-refractivity contribution is 0.669. The summed E-state index contributed by atoms with van der Waals surface area (Å²) in [6.07, 6.45) is 0. The molecule has 92 valence electrons. The van der Waals surface area contributed by atoms with Crippen molar-refractivity contribution < 1.29 is 4.42 Å². The molecule has 0 aliphatic rings. The van der Waals surface area contributed by atoms with E-state index in [1.54, 1.807) is 12.1 Å². The summed E-state index contributed by atoms with van der Waals surface area (Å²) < 4.78 is 5.70. The second kappa shape index (κ2) is 4.21. The zero-order valence-electron chi connectivity index (χ0n) is 9.15. The Morgan fingerprint density at radius 2 is 1.61 bits per heavy atom. The van der Waals surface area contributed by atoms with E-state index in [2.05, 4.69) is 0 Å². The van der Waals surface area contributed by atoms with Crippen molar-refractivity contribution in [2.45, 2.75) is 6.92 Å². The largest absolute Gasteiger partial charge is 0.454 e. The highest BCUT2D eigenvalue weighted by Crippen LogP contribution is 2.42. The number of fused-ring (bicyclic) bond motifs is 3. The summed E-state index contributed by atoms with van der Waals surface area (Å²) in [4.78, 5) is 0. The van der Waals surface area contributed by atoms with Crippen LogP contribution in [-0.4, -0.2) is 0 Å². The number of furan rings is 1. The summed E-state index contributed by atoms with van der Waals surface area (Å²) in [5.41, 5.74) is 2.12. The molecule has 1 heterocycles. The molecule has 0 unspecified atom stereocenters. The lowest BCUT2D eigenvalue weighted by Crippen LogP contribution is -1.76. The molecule has 0 N–H and O–H groups in total. The highest BCUT2D eigenvalue weighted by Gasteiger charge is 2.17. The molecule has 3 rings (SSSR count). The first-order valence-electron chi connectivity index (χ1n) is 5.15. The van der Waals surface area contributed by atoms with Gasteiger partial charge >= 0.3 is 0 Å². The molecule has 1 nitrogen and oxygen atoms in total. The molecule has 0 saturated heterocycles. The minimum atomic E-state index is 0.407. The lowest BCUT2D eigenvalue weighted by Gasteiger charge is -2.00. The van der Waals surface area contributed by atoms with Crippen molar-refractivity contribution in [2.75, 3.05) is 0 Å². The van der Waals surface area contributed by atoms with Gasteiger partial charge in [-0.3, -0.25) is 0 Å². The highest BCUT2D eigenvalue weighted by atomic mass is 35.5. The minimum Gasteiger partial charge on any atom is -0.454 e. The van der Waals surface area contributed by atoms with Crippen molar-refractivity contribution in [3.63, 3.8) is 0 Å². The zero-order valence-corrected chi connectivity index (χ0v) is 12.2. The maximum absolute atomic E-state index is 6.23. The van der Waals surface area contributed by atoms with Crippen LogP contribution in [0.25, 0.3) is 21.9 Å². The number of rotatable bonds is 0. The Kier molecular flexibility index (Phi) is 2.91. The quantitative estimate of drug-likeness (QED) is 0.430. The number of benzene rings is 2. The summed E-state index contributed by atoms with van der Waals surface area (Å²) in [6, 6.07) is 5.25. The van der Waals surface area contributed by atoms with Gasteiger partial charge in [-0.1, -0.05) is 46.4 Å². The van der Waals surface area contributed by atoms with E-state index in [9.17, 15) is 0 Å². The summed E-state index contributed by atoms with van der Waals surface area (Å²) in [5.74, 6) is 0. The Bertz CT molecular complexity index is 789. The van der Waals surface area contributed by atoms with Gasteiger partial charge in [0.2, 0.25) is 0 Å². The van der Waals surface area contributed by atoms with E-state index in [1.807, 2.05) is 13.0 Å². The molecule has 3 aromatic rings. The second-order valence-electron chi connectivity index (χ2n) is 4.06. The first-order chi connectivity index (χ1) is 8.49. The predicted molar refractivity (Wildman–Crippen MR) is 78.5 cm³/mol. The highest BCUT2D eigenvalue weighted by molar-refractivity contribution is 6.49. The van der Waals surface area contributed by atoms with E-state index in [-0.39, 0.29) is 0 Å². The predicted octanol–water partition coefficient (Wildman–Crippen LogP) is 6.51. The van der Waals surface area contributed by atoms with Gasteiger partial charge in [-0.25, -0.2) is 0 Å². The van der Waals surface area contributed by atoms with Gasteiger partial charge in [0, 0.05) is 21.9 Å². The molecule has 0 atom stereocenters. The topological polar surface area (TPSA) is 13.1 Å². The fraction of sp³-hybridized carbons (Fsp3) is 0.0769. The van der Waals surface area contributed by atoms with E-state index >= 15 is 0 Å². The number of hydrogen-bond donors (Lipinski definition) is 0. The lowest BCUT2D eigenvalue weighted by atomic mass is 10.1. The number of aryl methyl sites for hydroxylation is 1. The molecule has 1 aromatic heterocycles. The minimum absolute atomic E-state index is 0.407. The molecule has 0 spiro atoms. The van der Waals surface area contributed by atoms with Crippen LogP contribution >= 0.6 is 46.4 Å². The fourth-order valence-corrected chi connectivity index (χ4v) is 2.87. The van der Waals surface area contributed by atoms with E-state index < -0.39 is 0 Å². The van der Waals surface area contributed by atoms with E-state index in [1.165, 1.54) is 0 Å². The second-order valence-corrected chi connectivity index (χ2v) is 5.66. The maximum Gasteiger partial charge on any atom is 0.155 e. The van der Waals surface area contributed by atoms with Crippen molar-refractivity contribution in [1.29, 1.82) is 0 Å². The van der Waals surface area contributed by atoms with Crippen LogP contribution in [-0.2, 0) is 0 Å². The van der Waals surface area contributed by atoms with Crippen LogP contribution in [0.2, 0.25) is 20.1 Å². The molecular formula is C13H6Cl4O. The average molecular weight is 320 g/mol. The first kappa shape index (κ1) is 12.4. The van der Waals surface area contributed by atoms with Crippen LogP contribution in [0.4, 0.5) is 0 Å². The van der Waals surface area contributed by atoms with E-state index in [0.29, 0.717) is 31.3 Å². The van der Waals surface area contributed by atoms with Crippen LogP contribution in [0.3, 0.4) is 0 Å². The first-order valence-corrected chi connectivity index (χ1v) is 6.66. The number of halogens is 4. The Hall–Kier alpha value is -0.600. The third-order valence-electron chi connectivity index (χ3n) is 2.87. The van der Waals surface area contributed by atoms with Crippen molar-refractivity contribution in [3.8, 4) is 0 Å². The molecule has 0 amide bonds. The van der Waals surface area contributed by atoms with Gasteiger partial charge in [0.1, 0.15) is 5.58 Å². The monoisotopic (exact) mass is 318 g/mol. The summed E-state index contributed by atoms with van der Waals surface area (Å²) in [7, 11) is 0. The maximum atomic E-state index is 6.23. The van der Waals surface area contributed by atoms with Gasteiger partial charge in [-0.05, 0) is 24.6 Å². The van der Waals surface area contributed by atoms with Gasteiger partial charge in [0.15, 0.2) is 5.58 Å². The van der Waals surface area contributed by atoms with Crippen LogP contribution in [0, 0.1) is 6.92 Å². The third kappa shape index (κ3) is 1.70. The molecule has 0 aliphatic carbocycles. The van der Waals surface area contributed by atoms with Crippen molar-refractivity contribution >= 4 is 68.3 Å². The Morgan fingerprint density at radius 3 is 2.33 bits per heavy atom. The van der Waals surface area contributed by atoms with Gasteiger partial charge < -0.3 is 4.42 Å². The van der Waals surface area contributed by atoms with Gasteiger partial charge in [0.25, 0.3) is 0 Å². The van der Waals surface area contributed by atoms with Gasteiger partial charge in [-0.2, -0.15) is 0 Å². The Balaban J connectivity index is 2.61. The Labute approximate surface area is 123 Å². The zero-order chi connectivity index (χ0) is 13.0. The fourth-order valence-electron chi connectivity index (χ4n) is 1.97. The molecule has 0 bridgehead atoms. The molecule has 0 radical (unpaired) electrons. The SMILES string of the molecule is Cc1cc2c(cc1Cl)oc1c(Cl)cc(Cl)c(Cl)c12. The normalized spacial score (nSPS) is 11.6. The van der Waals surface area contributed by atoms with Crippen LogP contribution in [0.1, 0.15) is 5.56 Å². The smallest absolute Gasteiger partial charge is 0.155 e. The average Bonchev–Trinajstić information content (AvgIpc) is 2.66. The van der Waals surface area contributed by atoms with E-state index in [0.717, 1.165) is 16.3 Å². The molecular weight excluding hydrogens is 314 g/mol. The van der Waals surface area contributed by atoms with Crippen molar-refractivity contribution in [1.82, 2.24) is 0 Å². The molecule has 0 fully saturated rings. The van der Waals surface area contributed by atoms with E-state index in [4.69, 9.17) is 50.8 Å². The third-order valence-corrected chi connectivity index (χ3v) is 4.34. The van der Waals surface area contributed by atoms with Crippen LogP contribution in [0.5, 0.6) is 0 Å². The van der Waals surface area contributed by atoms with Crippen LogP contribution < -0.4 is 0 Å². The standard InChI is InChI=1S/C13H6Cl4O/c1-5-2-6-10(4-7(5)14)18-13-9(16)3-8(15)12(17)11(6)13/h2-4H,1H3. The Morgan fingerprint density at radius 1 is 0.889 bits per heavy atom. The summed E-state index contributed by atoms with van der Waals surface area (Å²) in [6.45, 7) is 1.92. The van der Waals surface area contributed by atoms with Gasteiger partial charge in [0.05, 0.1) is 15.1 Å². The molecule has 0 aliphatic heterocycles. The molecule has 5 heteroatoms.